The second-order valence-corrected chi connectivity index (χ2v) is 5.12. The van der Waals surface area contributed by atoms with E-state index in [9.17, 15) is 0 Å². The van der Waals surface area contributed by atoms with Crippen LogP contribution in [0.5, 0.6) is 0 Å². The van der Waals surface area contributed by atoms with Gasteiger partial charge in [0.05, 0.1) is 6.54 Å². The van der Waals surface area contributed by atoms with E-state index in [1.165, 1.54) is 12.8 Å². The number of halogens is 1. The van der Waals surface area contributed by atoms with Gasteiger partial charge in [0.2, 0.25) is 5.90 Å². The van der Waals surface area contributed by atoms with Crippen LogP contribution < -0.4 is 5.48 Å². The van der Waals surface area contributed by atoms with Gasteiger partial charge in [-0.05, 0) is 43.6 Å². The van der Waals surface area contributed by atoms with Crippen molar-refractivity contribution in [2.75, 3.05) is 19.6 Å². The molecule has 0 unspecified atom stereocenters. The molecular weight excluding hydrogens is 250 g/mol. The molecule has 0 bridgehead atoms. The zero-order valence-electron chi connectivity index (χ0n) is 10.1. The molecule has 2 aliphatic heterocycles. The van der Waals surface area contributed by atoms with E-state index in [-0.39, 0.29) is 6.17 Å². The molecular formula is C13H16ClN3O. The molecule has 96 valence electrons. The van der Waals surface area contributed by atoms with Crippen LogP contribution in [-0.2, 0) is 4.84 Å². The van der Waals surface area contributed by atoms with Crippen molar-refractivity contribution in [3.8, 4) is 0 Å². The molecule has 2 aliphatic rings. The molecule has 5 heteroatoms. The number of hydroxylamine groups is 1. The minimum atomic E-state index is -0.111. The first-order valence-electron chi connectivity index (χ1n) is 6.28. The monoisotopic (exact) mass is 265 g/mol. The summed E-state index contributed by atoms with van der Waals surface area (Å²) in [5, 5.41) is 0.735. The van der Waals surface area contributed by atoms with Gasteiger partial charge in [0.15, 0.2) is 6.17 Å². The highest BCUT2D eigenvalue weighted by Crippen LogP contribution is 2.21. The average Bonchev–Trinajstić information content (AvgIpc) is 3.02. The summed E-state index contributed by atoms with van der Waals surface area (Å²) in [6.07, 6.45) is 2.45. The molecule has 0 aliphatic carbocycles. The molecule has 1 fully saturated rings. The van der Waals surface area contributed by atoms with Gasteiger partial charge in [-0.1, -0.05) is 23.7 Å². The summed E-state index contributed by atoms with van der Waals surface area (Å²) >= 11 is 5.87. The average molecular weight is 266 g/mol. The number of benzene rings is 1. The van der Waals surface area contributed by atoms with Gasteiger partial charge in [-0.2, -0.15) is 0 Å². The summed E-state index contributed by atoms with van der Waals surface area (Å²) in [5.74, 6) is 0.775. The Balaban J connectivity index is 1.65. The normalized spacial score (nSPS) is 24.1. The highest BCUT2D eigenvalue weighted by molar-refractivity contribution is 6.30. The third-order valence-electron chi connectivity index (χ3n) is 3.30. The summed E-state index contributed by atoms with van der Waals surface area (Å²) < 4.78 is 0. The highest BCUT2D eigenvalue weighted by Gasteiger charge is 2.23. The van der Waals surface area contributed by atoms with Crippen LogP contribution in [0.3, 0.4) is 0 Å². The van der Waals surface area contributed by atoms with E-state index in [1.807, 2.05) is 24.3 Å². The van der Waals surface area contributed by atoms with E-state index in [2.05, 4.69) is 15.4 Å². The van der Waals surface area contributed by atoms with E-state index in [0.29, 0.717) is 0 Å². The van der Waals surface area contributed by atoms with Gasteiger partial charge in [-0.15, -0.1) is 5.48 Å². The summed E-state index contributed by atoms with van der Waals surface area (Å²) in [6.45, 7) is 3.10. The maximum atomic E-state index is 5.87. The SMILES string of the molecule is Clc1ccc([C@H]2N=C(CN3CCCC3)ON2)cc1. The lowest BCUT2D eigenvalue weighted by Crippen LogP contribution is -2.28. The third kappa shape index (κ3) is 2.66. The molecule has 0 saturated carbocycles. The number of rotatable bonds is 3. The van der Waals surface area contributed by atoms with Crippen LogP contribution in [0.4, 0.5) is 0 Å². The minimum absolute atomic E-state index is 0.111. The second-order valence-electron chi connectivity index (χ2n) is 4.68. The fraction of sp³-hybridized carbons (Fsp3) is 0.462. The molecule has 0 radical (unpaired) electrons. The van der Waals surface area contributed by atoms with E-state index in [0.717, 1.165) is 36.1 Å². The molecule has 4 nitrogen and oxygen atoms in total. The van der Waals surface area contributed by atoms with Crippen LogP contribution in [-0.4, -0.2) is 30.4 Å². The van der Waals surface area contributed by atoms with Crippen molar-refractivity contribution in [1.82, 2.24) is 10.4 Å². The lowest BCUT2D eigenvalue weighted by atomic mass is 10.2. The summed E-state index contributed by atoms with van der Waals surface area (Å²) in [5.41, 5.74) is 4.01. The number of aliphatic imine (C=N–C) groups is 1. The number of hydrogen-bond acceptors (Lipinski definition) is 4. The van der Waals surface area contributed by atoms with Crippen LogP contribution >= 0.6 is 11.6 Å². The fourth-order valence-corrected chi connectivity index (χ4v) is 2.44. The lowest BCUT2D eigenvalue weighted by molar-refractivity contribution is 0.169. The van der Waals surface area contributed by atoms with E-state index < -0.39 is 0 Å². The number of nitrogens with zero attached hydrogens (tertiary/aromatic N) is 2. The Morgan fingerprint density at radius 1 is 1.28 bits per heavy atom. The first kappa shape index (κ1) is 12.0. The molecule has 1 saturated heterocycles. The van der Waals surface area contributed by atoms with Crippen LogP contribution in [0.1, 0.15) is 24.6 Å². The Morgan fingerprint density at radius 2 is 2.00 bits per heavy atom. The maximum absolute atomic E-state index is 5.87. The standard InChI is InChI=1S/C13H16ClN3O/c14-11-5-3-10(4-6-11)13-15-12(18-16-13)9-17-7-1-2-8-17/h3-6,13,16H,1-2,7-9H2/t13-/m0/s1. The van der Waals surface area contributed by atoms with Crippen LogP contribution in [0.25, 0.3) is 0 Å². The van der Waals surface area contributed by atoms with Crippen molar-refractivity contribution < 1.29 is 4.84 Å². The molecule has 2 heterocycles. The molecule has 18 heavy (non-hydrogen) atoms. The minimum Gasteiger partial charge on any atom is -0.390 e. The predicted molar refractivity (Wildman–Crippen MR) is 71.5 cm³/mol. The van der Waals surface area contributed by atoms with Crippen molar-refractivity contribution in [3.05, 3.63) is 34.9 Å². The molecule has 1 N–H and O–H groups in total. The summed E-state index contributed by atoms with van der Waals surface area (Å²) in [7, 11) is 0. The zero-order valence-corrected chi connectivity index (χ0v) is 10.9. The molecule has 1 aromatic rings. The highest BCUT2D eigenvalue weighted by atomic mass is 35.5. The van der Waals surface area contributed by atoms with Gasteiger partial charge >= 0.3 is 0 Å². The van der Waals surface area contributed by atoms with Crippen LogP contribution in [0.2, 0.25) is 5.02 Å². The molecule has 3 rings (SSSR count). The predicted octanol–water partition coefficient (Wildman–Crippen LogP) is 2.37. The summed E-state index contributed by atoms with van der Waals surface area (Å²) in [4.78, 5) is 12.4. The van der Waals surface area contributed by atoms with Crippen LogP contribution in [0, 0.1) is 0 Å². The first-order chi connectivity index (χ1) is 8.81. The van der Waals surface area contributed by atoms with Gasteiger partial charge in [0.1, 0.15) is 0 Å². The number of hydrogen-bond donors (Lipinski definition) is 1. The Bertz CT molecular complexity index is 440. The topological polar surface area (TPSA) is 36.9 Å². The first-order valence-corrected chi connectivity index (χ1v) is 6.66. The molecule has 1 atom stereocenters. The van der Waals surface area contributed by atoms with E-state index >= 15 is 0 Å². The Morgan fingerprint density at radius 3 is 2.72 bits per heavy atom. The number of likely N-dealkylation sites (tertiary alicyclic amines) is 1. The quantitative estimate of drug-likeness (QED) is 0.912. The molecule has 0 aromatic heterocycles. The molecule has 1 aromatic carbocycles. The van der Waals surface area contributed by atoms with Gasteiger partial charge in [0.25, 0.3) is 0 Å². The largest absolute Gasteiger partial charge is 0.390 e. The molecule has 0 spiro atoms. The smallest absolute Gasteiger partial charge is 0.225 e. The van der Waals surface area contributed by atoms with Crippen molar-refractivity contribution in [1.29, 1.82) is 0 Å². The number of nitrogens with one attached hydrogen (secondary N) is 1. The van der Waals surface area contributed by atoms with Crippen molar-refractivity contribution in [2.24, 2.45) is 4.99 Å². The van der Waals surface area contributed by atoms with Crippen molar-refractivity contribution in [2.45, 2.75) is 19.0 Å². The third-order valence-corrected chi connectivity index (χ3v) is 3.56. The second kappa shape index (κ2) is 5.26. The van der Waals surface area contributed by atoms with Gasteiger partial charge in [-0.25, -0.2) is 4.99 Å². The van der Waals surface area contributed by atoms with Crippen LogP contribution in [0.15, 0.2) is 29.3 Å². The van der Waals surface area contributed by atoms with E-state index in [4.69, 9.17) is 16.4 Å². The zero-order chi connectivity index (χ0) is 12.4. The summed E-state index contributed by atoms with van der Waals surface area (Å²) in [6, 6.07) is 7.66. The fourth-order valence-electron chi connectivity index (χ4n) is 2.31. The van der Waals surface area contributed by atoms with Gasteiger partial charge in [0, 0.05) is 5.02 Å². The Kier molecular flexibility index (Phi) is 3.50. The Labute approximate surface area is 112 Å². The maximum Gasteiger partial charge on any atom is 0.225 e. The van der Waals surface area contributed by atoms with Gasteiger partial charge < -0.3 is 4.84 Å². The van der Waals surface area contributed by atoms with Gasteiger partial charge in [-0.3, -0.25) is 4.90 Å². The van der Waals surface area contributed by atoms with E-state index in [1.54, 1.807) is 0 Å². The lowest BCUT2D eigenvalue weighted by Gasteiger charge is -2.12. The Hall–Kier alpha value is -1.10. The van der Waals surface area contributed by atoms with Crippen molar-refractivity contribution >= 4 is 17.5 Å². The molecule has 0 amide bonds. The van der Waals surface area contributed by atoms with Crippen molar-refractivity contribution in [3.63, 3.8) is 0 Å².